The third kappa shape index (κ3) is 5.13. The van der Waals surface area contributed by atoms with Gasteiger partial charge in [0.15, 0.2) is 0 Å². The van der Waals surface area contributed by atoms with Crippen molar-refractivity contribution in [3.8, 4) is 5.75 Å². The Labute approximate surface area is 152 Å². The first-order valence-electron chi connectivity index (χ1n) is 7.30. The molecule has 2 aromatic carbocycles. The minimum atomic E-state index is -4.58. The maximum Gasteiger partial charge on any atom is 0.416 e. The average molecular weight is 387 g/mol. The molecule has 0 fully saturated rings. The Balaban J connectivity index is 2.03. The highest BCUT2D eigenvalue weighted by Crippen LogP contribution is 2.33. The number of para-hydroxylation sites is 2. The van der Waals surface area contributed by atoms with E-state index in [0.29, 0.717) is 17.5 Å². The van der Waals surface area contributed by atoms with Gasteiger partial charge >= 0.3 is 6.18 Å². The first kappa shape index (κ1) is 19.6. The topological polar surface area (TPSA) is 67.4 Å². The number of ether oxygens (including phenoxy) is 1. The van der Waals surface area contributed by atoms with Gasteiger partial charge in [-0.05, 0) is 30.3 Å². The second kappa shape index (κ2) is 8.09. The van der Waals surface area contributed by atoms with Crippen LogP contribution < -0.4 is 15.4 Å². The summed E-state index contributed by atoms with van der Waals surface area (Å²) >= 11 is 5.80. The molecule has 0 aromatic heterocycles. The zero-order valence-electron chi connectivity index (χ0n) is 13.5. The van der Waals surface area contributed by atoms with E-state index in [1.54, 1.807) is 24.3 Å². The molecule has 0 aliphatic rings. The van der Waals surface area contributed by atoms with Crippen molar-refractivity contribution in [2.75, 3.05) is 17.7 Å². The number of halogens is 4. The molecule has 0 saturated carbocycles. The number of hydrogen-bond donors (Lipinski definition) is 2. The first-order chi connectivity index (χ1) is 12.2. The lowest BCUT2D eigenvalue weighted by Gasteiger charge is -2.12. The Kier molecular flexibility index (Phi) is 6.10. The molecular weight excluding hydrogens is 373 g/mol. The fraction of sp³-hybridized carbons (Fsp3) is 0.176. The Morgan fingerprint density at radius 2 is 1.65 bits per heavy atom. The van der Waals surface area contributed by atoms with Gasteiger partial charge in [-0.2, -0.15) is 13.2 Å². The molecule has 0 aliphatic carbocycles. The molecule has 0 heterocycles. The lowest BCUT2D eigenvalue weighted by Crippen LogP contribution is -2.22. The predicted octanol–water partition coefficient (Wildman–Crippen LogP) is 4.33. The molecule has 26 heavy (non-hydrogen) atoms. The van der Waals surface area contributed by atoms with Gasteiger partial charge in [-0.3, -0.25) is 9.59 Å². The molecule has 0 saturated heterocycles. The molecule has 0 bridgehead atoms. The number of benzene rings is 2. The van der Waals surface area contributed by atoms with Crippen molar-refractivity contribution in [2.24, 2.45) is 0 Å². The molecule has 2 amide bonds. The molecule has 2 N–H and O–H groups in total. The minimum absolute atomic E-state index is 0.0727. The van der Waals surface area contributed by atoms with Gasteiger partial charge in [0.25, 0.3) is 0 Å². The molecule has 0 radical (unpaired) electrons. The second-order valence-corrected chi connectivity index (χ2v) is 5.57. The van der Waals surface area contributed by atoms with E-state index < -0.39 is 30.0 Å². The SMILES string of the molecule is COc1ccccc1NC(=O)CC(=O)Nc1cc(C(F)(F)F)ccc1Cl. The fourth-order valence-electron chi connectivity index (χ4n) is 2.08. The zero-order valence-corrected chi connectivity index (χ0v) is 14.2. The summed E-state index contributed by atoms with van der Waals surface area (Å²) in [5.41, 5.74) is -0.822. The molecule has 0 atom stereocenters. The maximum absolute atomic E-state index is 12.7. The summed E-state index contributed by atoms with van der Waals surface area (Å²) in [7, 11) is 1.42. The number of hydrogen-bond acceptors (Lipinski definition) is 3. The van der Waals surface area contributed by atoms with Gasteiger partial charge in [-0.15, -0.1) is 0 Å². The quantitative estimate of drug-likeness (QED) is 0.751. The summed E-state index contributed by atoms with van der Waals surface area (Å²) in [4.78, 5) is 23.9. The molecule has 2 aromatic rings. The van der Waals surface area contributed by atoms with Crippen LogP contribution in [0.25, 0.3) is 0 Å². The number of rotatable bonds is 5. The zero-order chi connectivity index (χ0) is 19.3. The highest BCUT2D eigenvalue weighted by atomic mass is 35.5. The van der Waals surface area contributed by atoms with Crippen molar-refractivity contribution in [1.82, 2.24) is 0 Å². The van der Waals surface area contributed by atoms with E-state index in [1.807, 2.05) is 0 Å². The number of carbonyl (C=O) groups is 2. The van der Waals surface area contributed by atoms with Crippen molar-refractivity contribution in [3.05, 3.63) is 53.1 Å². The van der Waals surface area contributed by atoms with Crippen LogP contribution in [0, 0.1) is 0 Å². The van der Waals surface area contributed by atoms with E-state index in [9.17, 15) is 22.8 Å². The van der Waals surface area contributed by atoms with E-state index in [1.165, 1.54) is 7.11 Å². The average Bonchev–Trinajstić information content (AvgIpc) is 2.56. The second-order valence-electron chi connectivity index (χ2n) is 5.17. The summed E-state index contributed by atoms with van der Waals surface area (Å²) in [5.74, 6) is -1.06. The molecule has 0 unspecified atom stereocenters. The highest BCUT2D eigenvalue weighted by molar-refractivity contribution is 6.33. The van der Waals surface area contributed by atoms with Crippen LogP contribution in [0.3, 0.4) is 0 Å². The fourth-order valence-corrected chi connectivity index (χ4v) is 2.24. The Hall–Kier alpha value is -2.74. The van der Waals surface area contributed by atoms with E-state index in [-0.39, 0.29) is 10.7 Å². The Morgan fingerprint density at radius 3 is 2.27 bits per heavy atom. The smallest absolute Gasteiger partial charge is 0.416 e. The van der Waals surface area contributed by atoms with Crippen LogP contribution in [0.2, 0.25) is 5.02 Å². The molecule has 2 rings (SSSR count). The molecule has 138 valence electrons. The van der Waals surface area contributed by atoms with E-state index in [2.05, 4.69) is 10.6 Å². The highest BCUT2D eigenvalue weighted by Gasteiger charge is 2.31. The van der Waals surface area contributed by atoms with Crippen LogP contribution in [0.15, 0.2) is 42.5 Å². The van der Waals surface area contributed by atoms with Gasteiger partial charge < -0.3 is 15.4 Å². The van der Waals surface area contributed by atoms with Crippen molar-refractivity contribution >= 4 is 34.8 Å². The molecule has 5 nitrogen and oxygen atoms in total. The van der Waals surface area contributed by atoms with Crippen LogP contribution in [0.1, 0.15) is 12.0 Å². The lowest BCUT2D eigenvalue weighted by molar-refractivity contribution is -0.137. The monoisotopic (exact) mass is 386 g/mol. The third-order valence-electron chi connectivity index (χ3n) is 3.27. The van der Waals surface area contributed by atoms with Gasteiger partial charge in [0.2, 0.25) is 11.8 Å². The summed E-state index contributed by atoms with van der Waals surface area (Å²) in [6.45, 7) is 0. The molecule has 0 spiro atoms. The number of amides is 2. The van der Waals surface area contributed by atoms with Crippen molar-refractivity contribution in [3.63, 3.8) is 0 Å². The van der Waals surface area contributed by atoms with Gasteiger partial charge in [0.05, 0.1) is 29.1 Å². The van der Waals surface area contributed by atoms with Crippen molar-refractivity contribution in [2.45, 2.75) is 12.6 Å². The van der Waals surface area contributed by atoms with Crippen molar-refractivity contribution < 1.29 is 27.5 Å². The number of alkyl halides is 3. The summed E-state index contributed by atoms with van der Waals surface area (Å²) in [6.07, 6.45) is -5.18. The lowest BCUT2D eigenvalue weighted by atomic mass is 10.2. The van der Waals surface area contributed by atoms with Crippen molar-refractivity contribution in [1.29, 1.82) is 0 Å². The van der Waals surface area contributed by atoms with E-state index in [4.69, 9.17) is 16.3 Å². The van der Waals surface area contributed by atoms with Crippen LogP contribution in [-0.2, 0) is 15.8 Å². The van der Waals surface area contributed by atoms with E-state index >= 15 is 0 Å². The normalized spacial score (nSPS) is 11.0. The van der Waals surface area contributed by atoms with Crippen LogP contribution >= 0.6 is 11.6 Å². The summed E-state index contributed by atoms with van der Waals surface area (Å²) in [6, 6.07) is 9.10. The molecular formula is C17H14ClF3N2O3. The molecule has 9 heteroatoms. The van der Waals surface area contributed by atoms with Crippen LogP contribution in [0.4, 0.5) is 24.5 Å². The standard InChI is InChI=1S/C17H14ClF3N2O3/c1-26-14-5-3-2-4-12(14)22-15(24)9-16(25)23-13-8-10(17(19,20)21)6-7-11(13)18/h2-8H,9H2,1H3,(H,22,24)(H,23,25). The molecule has 0 aliphatic heterocycles. The largest absolute Gasteiger partial charge is 0.495 e. The number of carbonyl (C=O) groups excluding carboxylic acids is 2. The predicted molar refractivity (Wildman–Crippen MR) is 91.3 cm³/mol. The number of nitrogens with one attached hydrogen (secondary N) is 2. The Morgan fingerprint density at radius 1 is 1.04 bits per heavy atom. The van der Waals surface area contributed by atoms with Gasteiger partial charge in [-0.1, -0.05) is 23.7 Å². The number of methoxy groups -OCH3 is 1. The Bertz CT molecular complexity index is 825. The maximum atomic E-state index is 12.7. The third-order valence-corrected chi connectivity index (χ3v) is 3.60. The van der Waals surface area contributed by atoms with Gasteiger partial charge in [0, 0.05) is 0 Å². The minimum Gasteiger partial charge on any atom is -0.495 e. The number of anilines is 2. The van der Waals surface area contributed by atoms with Crippen LogP contribution in [-0.4, -0.2) is 18.9 Å². The van der Waals surface area contributed by atoms with Gasteiger partial charge in [0.1, 0.15) is 12.2 Å². The van der Waals surface area contributed by atoms with Gasteiger partial charge in [-0.25, -0.2) is 0 Å². The summed E-state index contributed by atoms with van der Waals surface area (Å²) in [5, 5.41) is 4.62. The first-order valence-corrected chi connectivity index (χ1v) is 7.68. The van der Waals surface area contributed by atoms with Crippen LogP contribution in [0.5, 0.6) is 5.75 Å². The summed E-state index contributed by atoms with van der Waals surface area (Å²) < 4.78 is 43.3. The van der Waals surface area contributed by atoms with E-state index in [0.717, 1.165) is 12.1 Å².